The van der Waals surface area contributed by atoms with Gasteiger partial charge in [0, 0.05) is 5.92 Å². The minimum atomic E-state index is -0.199. The monoisotopic (exact) mass is 264 g/mol. The zero-order chi connectivity index (χ0) is 14.1. The number of hydrogen-bond acceptors (Lipinski definition) is 2. The molecule has 3 rings (SSSR count). The van der Waals surface area contributed by atoms with Crippen LogP contribution in [0.25, 0.3) is 0 Å². The van der Waals surface area contributed by atoms with Crippen LogP contribution in [0, 0.1) is 28.6 Å². The maximum atomic E-state index is 12.1. The molecule has 2 aliphatic carbocycles. The molecule has 0 aromatic carbocycles. The smallest absolute Gasteiger partial charge is 0.309 e. The van der Waals surface area contributed by atoms with E-state index < -0.39 is 0 Å². The van der Waals surface area contributed by atoms with Gasteiger partial charge in [0.2, 0.25) is 0 Å². The molecule has 2 heteroatoms. The third-order valence-corrected chi connectivity index (χ3v) is 6.78. The van der Waals surface area contributed by atoms with Gasteiger partial charge in [-0.1, -0.05) is 34.1 Å². The van der Waals surface area contributed by atoms with Gasteiger partial charge in [0.05, 0.1) is 5.92 Å². The molecule has 5 atom stereocenters. The van der Waals surface area contributed by atoms with Gasteiger partial charge in [-0.15, -0.1) is 0 Å². The van der Waals surface area contributed by atoms with Gasteiger partial charge in [-0.3, -0.25) is 4.79 Å². The van der Waals surface area contributed by atoms with Crippen molar-refractivity contribution in [3.8, 4) is 0 Å². The molecule has 1 aliphatic heterocycles. The van der Waals surface area contributed by atoms with Crippen LogP contribution in [0.3, 0.4) is 0 Å². The summed E-state index contributed by atoms with van der Waals surface area (Å²) in [5, 5.41) is 0. The van der Waals surface area contributed by atoms with E-state index in [1.807, 2.05) is 0 Å². The third kappa shape index (κ3) is 1.64. The van der Waals surface area contributed by atoms with E-state index in [-0.39, 0.29) is 22.9 Å². The molecule has 0 aromatic heterocycles. The van der Waals surface area contributed by atoms with Crippen LogP contribution in [-0.2, 0) is 9.53 Å². The first-order chi connectivity index (χ1) is 8.71. The molecule has 1 heterocycles. The Kier molecular flexibility index (Phi) is 2.67. The van der Waals surface area contributed by atoms with Gasteiger partial charge in [-0.25, -0.2) is 0 Å². The van der Waals surface area contributed by atoms with Crippen LogP contribution in [0.4, 0.5) is 0 Å². The molecule has 0 N–H and O–H groups in total. The predicted molar refractivity (Wildman–Crippen MR) is 75.6 cm³/mol. The van der Waals surface area contributed by atoms with E-state index in [1.54, 1.807) is 0 Å². The summed E-state index contributed by atoms with van der Waals surface area (Å²) in [5.74, 6) is 1.26. The Bertz CT molecular complexity index is 413. The molecule has 0 amide bonds. The minimum Gasteiger partial charge on any atom is -0.459 e. The van der Waals surface area contributed by atoms with E-state index >= 15 is 0 Å². The zero-order valence-corrected chi connectivity index (χ0v) is 13.1. The van der Waals surface area contributed by atoms with E-state index in [0.29, 0.717) is 11.3 Å². The molecule has 1 saturated heterocycles. The first kappa shape index (κ1) is 13.5. The van der Waals surface area contributed by atoms with Gasteiger partial charge in [-0.05, 0) is 49.4 Å². The van der Waals surface area contributed by atoms with Crippen molar-refractivity contribution in [1.82, 2.24) is 0 Å². The molecule has 0 aromatic rings. The topological polar surface area (TPSA) is 26.3 Å². The maximum absolute atomic E-state index is 12.1. The standard InChI is InChI=1S/C17H28O2/c1-11-13-16(4)9-6-8-15(2,3)12(16)7-10-17(13,5)19-14(11)18/h11-13H,6-10H2,1-5H3/t11-,12-,13+,16-,17-/m0/s1. The van der Waals surface area contributed by atoms with Crippen molar-refractivity contribution < 1.29 is 9.53 Å². The average molecular weight is 264 g/mol. The highest BCUT2D eigenvalue weighted by molar-refractivity contribution is 5.76. The molecular formula is C17H28O2. The summed E-state index contributed by atoms with van der Waals surface area (Å²) in [6.45, 7) is 11.6. The van der Waals surface area contributed by atoms with Crippen LogP contribution in [0.1, 0.15) is 66.7 Å². The summed E-state index contributed by atoms with van der Waals surface area (Å²) in [7, 11) is 0. The number of fused-ring (bicyclic) bond motifs is 3. The van der Waals surface area contributed by atoms with Gasteiger partial charge in [-0.2, -0.15) is 0 Å². The van der Waals surface area contributed by atoms with Crippen LogP contribution in [0.5, 0.6) is 0 Å². The molecule has 0 bridgehead atoms. The molecule has 0 radical (unpaired) electrons. The van der Waals surface area contributed by atoms with Crippen LogP contribution in [-0.4, -0.2) is 11.6 Å². The summed E-state index contributed by atoms with van der Waals surface area (Å²) in [6.07, 6.45) is 6.17. The quantitative estimate of drug-likeness (QED) is 0.613. The molecule has 108 valence electrons. The maximum Gasteiger partial charge on any atom is 0.309 e. The lowest BCUT2D eigenvalue weighted by atomic mass is 9.44. The van der Waals surface area contributed by atoms with Gasteiger partial charge in [0.1, 0.15) is 5.60 Å². The number of carbonyl (C=O) groups excluding carboxylic acids is 1. The Morgan fingerprint density at radius 2 is 1.79 bits per heavy atom. The van der Waals surface area contributed by atoms with Crippen LogP contribution < -0.4 is 0 Å². The molecular weight excluding hydrogens is 236 g/mol. The lowest BCUT2D eigenvalue weighted by Gasteiger charge is -2.60. The summed E-state index contributed by atoms with van der Waals surface area (Å²) >= 11 is 0. The van der Waals surface area contributed by atoms with Crippen molar-refractivity contribution in [3.63, 3.8) is 0 Å². The highest BCUT2D eigenvalue weighted by atomic mass is 16.6. The second kappa shape index (κ2) is 3.77. The normalized spacial score (nSPS) is 52.3. The first-order valence-electron chi connectivity index (χ1n) is 7.94. The molecule has 2 saturated carbocycles. The van der Waals surface area contributed by atoms with E-state index in [0.717, 1.165) is 12.3 Å². The van der Waals surface area contributed by atoms with Crippen molar-refractivity contribution in [2.75, 3.05) is 0 Å². The summed E-state index contributed by atoms with van der Waals surface area (Å²) in [6, 6.07) is 0. The largest absolute Gasteiger partial charge is 0.459 e. The molecule has 0 unspecified atom stereocenters. The Balaban J connectivity index is 2.05. The van der Waals surface area contributed by atoms with Gasteiger partial charge in [0.15, 0.2) is 0 Å². The van der Waals surface area contributed by atoms with Crippen LogP contribution in [0.15, 0.2) is 0 Å². The number of esters is 1. The van der Waals surface area contributed by atoms with E-state index in [9.17, 15) is 4.79 Å². The first-order valence-corrected chi connectivity index (χ1v) is 7.94. The van der Waals surface area contributed by atoms with Gasteiger partial charge >= 0.3 is 5.97 Å². The Morgan fingerprint density at radius 1 is 1.11 bits per heavy atom. The van der Waals surface area contributed by atoms with Gasteiger partial charge in [0.25, 0.3) is 0 Å². The summed E-state index contributed by atoms with van der Waals surface area (Å²) < 4.78 is 5.81. The van der Waals surface area contributed by atoms with Crippen molar-refractivity contribution >= 4 is 5.97 Å². The Labute approximate surface area is 117 Å². The lowest BCUT2D eigenvalue weighted by Crippen LogP contribution is -2.57. The van der Waals surface area contributed by atoms with Crippen LogP contribution in [0.2, 0.25) is 0 Å². The van der Waals surface area contributed by atoms with Crippen molar-refractivity contribution in [2.45, 2.75) is 72.3 Å². The number of hydrogen-bond donors (Lipinski definition) is 0. The molecule has 19 heavy (non-hydrogen) atoms. The Morgan fingerprint density at radius 3 is 2.47 bits per heavy atom. The number of ether oxygens (including phenoxy) is 1. The number of carbonyl (C=O) groups is 1. The second-order valence-corrected chi connectivity index (χ2v) is 8.44. The third-order valence-electron chi connectivity index (χ3n) is 6.78. The lowest BCUT2D eigenvalue weighted by molar-refractivity contribution is -0.165. The Hall–Kier alpha value is -0.530. The molecule has 3 aliphatic rings. The fourth-order valence-electron chi connectivity index (χ4n) is 6.22. The highest BCUT2D eigenvalue weighted by Gasteiger charge is 2.65. The zero-order valence-electron chi connectivity index (χ0n) is 13.1. The SMILES string of the molecule is C[C@@H]1C(=O)O[C@@]2(C)CC[C@H]3C(C)(C)CCC[C@]3(C)[C@@H]12. The molecule has 0 spiro atoms. The van der Waals surface area contributed by atoms with E-state index in [1.165, 1.54) is 25.7 Å². The fourth-order valence-corrected chi connectivity index (χ4v) is 6.22. The minimum absolute atomic E-state index is 0.0396. The number of rotatable bonds is 0. The van der Waals surface area contributed by atoms with Crippen molar-refractivity contribution in [2.24, 2.45) is 28.6 Å². The van der Waals surface area contributed by atoms with E-state index in [4.69, 9.17) is 4.74 Å². The summed E-state index contributed by atoms with van der Waals surface area (Å²) in [4.78, 5) is 12.1. The average Bonchev–Trinajstić information content (AvgIpc) is 2.49. The summed E-state index contributed by atoms with van der Waals surface area (Å²) in [5.41, 5.74) is 0.495. The van der Waals surface area contributed by atoms with Crippen LogP contribution >= 0.6 is 0 Å². The fraction of sp³-hybridized carbons (Fsp3) is 0.941. The molecule has 3 fully saturated rings. The van der Waals surface area contributed by atoms with Crippen molar-refractivity contribution in [3.05, 3.63) is 0 Å². The van der Waals surface area contributed by atoms with Gasteiger partial charge < -0.3 is 4.74 Å². The van der Waals surface area contributed by atoms with Crippen molar-refractivity contribution in [1.29, 1.82) is 0 Å². The second-order valence-electron chi connectivity index (χ2n) is 8.44. The predicted octanol–water partition coefficient (Wildman–Crippen LogP) is 4.18. The molecule has 2 nitrogen and oxygen atoms in total. The highest BCUT2D eigenvalue weighted by Crippen LogP contribution is 2.66. The van der Waals surface area contributed by atoms with E-state index in [2.05, 4.69) is 34.6 Å².